The maximum atomic E-state index is 12.0. The molecule has 0 saturated heterocycles. The number of carbonyl (C=O) groups is 2. The zero-order chi connectivity index (χ0) is 20.1. The molecule has 0 spiro atoms. The van der Waals surface area contributed by atoms with E-state index in [2.05, 4.69) is 20.8 Å². The number of para-hydroxylation sites is 2. The second-order valence-electron chi connectivity index (χ2n) is 5.90. The number of H-pyrrole nitrogens is 1. The van der Waals surface area contributed by atoms with Gasteiger partial charge in [0.25, 0.3) is 11.6 Å². The molecule has 3 rings (SSSR count). The van der Waals surface area contributed by atoms with E-state index >= 15 is 0 Å². The summed E-state index contributed by atoms with van der Waals surface area (Å²) in [5.41, 5.74) is 6.50. The minimum absolute atomic E-state index is 0.0384. The molecule has 3 aromatic rings. The molecule has 1 aromatic heterocycles. The van der Waals surface area contributed by atoms with Gasteiger partial charge in [-0.3, -0.25) is 30.6 Å². The van der Waals surface area contributed by atoms with E-state index in [-0.39, 0.29) is 28.2 Å². The van der Waals surface area contributed by atoms with Gasteiger partial charge in [-0.15, -0.1) is 11.8 Å². The number of nitrogens with one attached hydrogen (secondary N) is 3. The predicted molar refractivity (Wildman–Crippen MR) is 106 cm³/mol. The number of non-ortho nitro benzene ring substituents is 1. The maximum Gasteiger partial charge on any atom is 0.269 e. The summed E-state index contributed by atoms with van der Waals surface area (Å²) in [5.74, 6) is -0.0330. The van der Waals surface area contributed by atoms with Crippen LogP contribution < -0.4 is 10.9 Å². The molecule has 144 valence electrons. The molecule has 0 unspecified atom stereocenters. The second kappa shape index (κ2) is 8.53. The van der Waals surface area contributed by atoms with Crippen molar-refractivity contribution in [3.8, 4) is 0 Å². The molecule has 0 aliphatic heterocycles. The number of aromatic nitrogens is 2. The standard InChI is InChI=1S/C18H17N5O4S/c1-11(17-19-14-4-2-3-5-15(14)20-17)28-10-16(24)21-22-18(25)12-6-8-13(9-7-12)23(26)27/h2-9,11H,10H2,1H3,(H,19,20)(H,21,24)(H,22,25)/t11-/m1/s1. The van der Waals surface area contributed by atoms with Crippen LogP contribution in [-0.2, 0) is 4.79 Å². The topological polar surface area (TPSA) is 130 Å². The normalized spacial score (nSPS) is 11.8. The number of imidazole rings is 1. The largest absolute Gasteiger partial charge is 0.341 e. The number of hydrazine groups is 1. The molecule has 2 aromatic carbocycles. The molecule has 2 amide bonds. The highest BCUT2D eigenvalue weighted by molar-refractivity contribution is 8.00. The zero-order valence-corrected chi connectivity index (χ0v) is 15.7. The molecule has 3 N–H and O–H groups in total. The van der Waals surface area contributed by atoms with Gasteiger partial charge in [0.15, 0.2) is 0 Å². The molecule has 1 atom stereocenters. The van der Waals surface area contributed by atoms with Crippen molar-refractivity contribution in [1.29, 1.82) is 0 Å². The van der Waals surface area contributed by atoms with Crippen molar-refractivity contribution in [2.75, 3.05) is 5.75 Å². The average molecular weight is 399 g/mol. The summed E-state index contributed by atoms with van der Waals surface area (Å²) in [5, 5.41) is 10.6. The second-order valence-corrected chi connectivity index (χ2v) is 7.23. The summed E-state index contributed by atoms with van der Waals surface area (Å²) in [7, 11) is 0. The number of hydrogen-bond acceptors (Lipinski definition) is 6. The fourth-order valence-electron chi connectivity index (χ4n) is 2.41. The Morgan fingerprint density at radius 2 is 1.89 bits per heavy atom. The number of nitro groups is 1. The highest BCUT2D eigenvalue weighted by atomic mass is 32.2. The first-order valence-corrected chi connectivity index (χ1v) is 9.39. The molecule has 0 aliphatic rings. The van der Waals surface area contributed by atoms with Crippen LogP contribution in [0.3, 0.4) is 0 Å². The first-order chi connectivity index (χ1) is 13.4. The number of thioether (sulfide) groups is 1. The minimum Gasteiger partial charge on any atom is -0.341 e. The summed E-state index contributed by atoms with van der Waals surface area (Å²) in [6, 6.07) is 12.8. The number of rotatable bonds is 6. The molecule has 10 heteroatoms. The molecule has 0 radical (unpaired) electrons. The average Bonchev–Trinajstić information content (AvgIpc) is 3.14. The Balaban J connectivity index is 1.47. The summed E-state index contributed by atoms with van der Waals surface area (Å²) >= 11 is 1.37. The molecule has 0 aliphatic carbocycles. The third kappa shape index (κ3) is 4.65. The van der Waals surface area contributed by atoms with Crippen molar-refractivity contribution < 1.29 is 14.5 Å². The molecule has 0 bridgehead atoms. The van der Waals surface area contributed by atoms with Gasteiger partial charge in [-0.2, -0.15) is 0 Å². The Hall–Kier alpha value is -3.40. The predicted octanol–water partition coefficient (Wildman–Crippen LogP) is 2.73. The van der Waals surface area contributed by atoms with Gasteiger partial charge in [0.1, 0.15) is 5.82 Å². The third-order valence-electron chi connectivity index (χ3n) is 3.91. The van der Waals surface area contributed by atoms with Gasteiger partial charge < -0.3 is 4.98 Å². The summed E-state index contributed by atoms with van der Waals surface area (Å²) in [6.07, 6.45) is 0. The van der Waals surface area contributed by atoms with Crippen molar-refractivity contribution in [3.05, 3.63) is 70.0 Å². The summed E-state index contributed by atoms with van der Waals surface area (Å²) in [6.45, 7) is 1.94. The van der Waals surface area contributed by atoms with Crippen molar-refractivity contribution in [1.82, 2.24) is 20.8 Å². The summed E-state index contributed by atoms with van der Waals surface area (Å²) < 4.78 is 0. The van der Waals surface area contributed by atoms with Crippen LogP contribution in [0.25, 0.3) is 11.0 Å². The van der Waals surface area contributed by atoms with Crippen molar-refractivity contribution >= 4 is 40.3 Å². The SMILES string of the molecule is C[C@@H](SCC(=O)NNC(=O)c1ccc([N+](=O)[O-])cc1)c1nc2ccccc2[nH]1. The van der Waals surface area contributed by atoms with Crippen LogP contribution >= 0.6 is 11.8 Å². The summed E-state index contributed by atoms with van der Waals surface area (Å²) in [4.78, 5) is 41.7. The van der Waals surface area contributed by atoms with Gasteiger partial charge in [0.05, 0.1) is 27.0 Å². The lowest BCUT2D eigenvalue weighted by molar-refractivity contribution is -0.384. The van der Waals surface area contributed by atoms with E-state index in [1.807, 2.05) is 31.2 Å². The van der Waals surface area contributed by atoms with Crippen molar-refractivity contribution in [2.24, 2.45) is 0 Å². The van der Waals surface area contributed by atoms with Crippen LogP contribution in [0.4, 0.5) is 5.69 Å². The fraction of sp³-hybridized carbons (Fsp3) is 0.167. The van der Waals surface area contributed by atoms with E-state index in [0.29, 0.717) is 0 Å². The van der Waals surface area contributed by atoms with E-state index in [1.54, 1.807) is 0 Å². The number of carbonyl (C=O) groups excluding carboxylic acids is 2. The van der Waals surface area contributed by atoms with Crippen LogP contribution in [0.1, 0.15) is 28.4 Å². The highest BCUT2D eigenvalue weighted by Crippen LogP contribution is 2.27. The Morgan fingerprint density at radius 3 is 2.57 bits per heavy atom. The van der Waals surface area contributed by atoms with Gasteiger partial charge in [0, 0.05) is 17.7 Å². The number of nitrogens with zero attached hydrogens (tertiary/aromatic N) is 2. The van der Waals surface area contributed by atoms with E-state index in [4.69, 9.17) is 0 Å². The van der Waals surface area contributed by atoms with Crippen LogP contribution in [0.5, 0.6) is 0 Å². The number of benzene rings is 2. The Bertz CT molecular complexity index is 985. The number of fused-ring (bicyclic) bond motifs is 1. The van der Waals surface area contributed by atoms with Gasteiger partial charge in [-0.05, 0) is 31.2 Å². The number of aromatic amines is 1. The quantitative estimate of drug-likeness (QED) is 0.432. The van der Waals surface area contributed by atoms with Crippen LogP contribution in [0.15, 0.2) is 48.5 Å². The number of nitro benzene ring substituents is 1. The Labute approximate surface area is 164 Å². The van der Waals surface area contributed by atoms with Crippen LogP contribution in [0, 0.1) is 10.1 Å². The smallest absolute Gasteiger partial charge is 0.269 e. The van der Waals surface area contributed by atoms with Gasteiger partial charge in [-0.25, -0.2) is 4.98 Å². The maximum absolute atomic E-state index is 12.0. The fourth-order valence-corrected chi connectivity index (χ4v) is 3.16. The number of hydrogen-bond donors (Lipinski definition) is 3. The van der Waals surface area contributed by atoms with Gasteiger partial charge in [-0.1, -0.05) is 12.1 Å². The molecule has 1 heterocycles. The molecule has 0 saturated carbocycles. The monoisotopic (exact) mass is 399 g/mol. The molecule has 0 fully saturated rings. The number of amides is 2. The highest BCUT2D eigenvalue weighted by Gasteiger charge is 2.14. The van der Waals surface area contributed by atoms with Crippen LogP contribution in [-0.4, -0.2) is 32.5 Å². The van der Waals surface area contributed by atoms with Crippen LogP contribution in [0.2, 0.25) is 0 Å². The van der Waals surface area contributed by atoms with E-state index < -0.39 is 10.8 Å². The van der Waals surface area contributed by atoms with Crippen molar-refractivity contribution in [2.45, 2.75) is 12.2 Å². The van der Waals surface area contributed by atoms with Gasteiger partial charge >= 0.3 is 0 Å². The molecule has 28 heavy (non-hydrogen) atoms. The third-order valence-corrected chi connectivity index (χ3v) is 5.07. The Kier molecular flexibility index (Phi) is 5.90. The van der Waals surface area contributed by atoms with Gasteiger partial charge in [0.2, 0.25) is 5.91 Å². The molecular formula is C18H17N5O4S. The lowest BCUT2D eigenvalue weighted by atomic mass is 10.2. The lowest BCUT2D eigenvalue weighted by Gasteiger charge is -2.10. The minimum atomic E-state index is -0.557. The van der Waals surface area contributed by atoms with E-state index in [9.17, 15) is 19.7 Å². The van der Waals surface area contributed by atoms with E-state index in [1.165, 1.54) is 36.0 Å². The lowest BCUT2D eigenvalue weighted by Crippen LogP contribution is -2.42. The molecular weight excluding hydrogens is 382 g/mol. The first-order valence-electron chi connectivity index (χ1n) is 8.34. The van der Waals surface area contributed by atoms with Crippen molar-refractivity contribution in [3.63, 3.8) is 0 Å². The molecule has 9 nitrogen and oxygen atoms in total. The Morgan fingerprint density at radius 1 is 1.18 bits per heavy atom. The van der Waals surface area contributed by atoms with E-state index in [0.717, 1.165) is 16.9 Å². The first kappa shape index (κ1) is 19.4. The zero-order valence-electron chi connectivity index (χ0n) is 14.8.